The largest absolute Gasteiger partial charge is 0.462 e. The van der Waals surface area contributed by atoms with Gasteiger partial charge < -0.3 is 20.5 Å². The molecule has 8 heteroatoms. The molecule has 1 aromatic heterocycles. The molecule has 168 valence electrons. The second-order valence-electron chi connectivity index (χ2n) is 8.01. The van der Waals surface area contributed by atoms with Crippen LogP contribution in [0.5, 0.6) is 5.88 Å². The highest BCUT2D eigenvalue weighted by atomic mass is 16.5. The summed E-state index contributed by atoms with van der Waals surface area (Å²) in [5, 5.41) is 7.63. The number of rotatable bonds is 4. The van der Waals surface area contributed by atoms with Crippen LogP contribution < -0.4 is 15.8 Å². The summed E-state index contributed by atoms with van der Waals surface area (Å²) < 4.78 is 13.0. The van der Waals surface area contributed by atoms with Crippen LogP contribution in [0, 0.1) is 6.92 Å². The van der Waals surface area contributed by atoms with Crippen LogP contribution in [0.15, 0.2) is 60.0 Å². The fourth-order valence-corrected chi connectivity index (χ4v) is 4.76. The predicted octanol–water partition coefficient (Wildman–Crippen LogP) is 3.11. The molecule has 8 nitrogen and oxygen atoms in total. The number of hydrogen-bond acceptors (Lipinski definition) is 6. The first-order valence-corrected chi connectivity index (χ1v) is 10.9. The molecule has 2 aliphatic rings. The highest BCUT2D eigenvalue weighted by Crippen LogP contribution is 2.55. The number of fused-ring (bicyclic) bond motifs is 4. The molecule has 3 heterocycles. The molecular formula is C25H24N4O4. The zero-order valence-corrected chi connectivity index (χ0v) is 18.6. The fraction of sp³-hybridized carbons (Fsp3) is 0.240. The van der Waals surface area contributed by atoms with Gasteiger partial charge in [-0.1, -0.05) is 37.3 Å². The van der Waals surface area contributed by atoms with Crippen LogP contribution in [-0.2, 0) is 26.2 Å². The molecule has 1 atom stereocenters. The second kappa shape index (κ2) is 7.51. The third-order valence-corrected chi connectivity index (χ3v) is 6.19. The average Bonchev–Trinajstić information content (AvgIpc) is 3.28. The number of ether oxygens (including phenoxy) is 2. The smallest absolute Gasteiger partial charge is 0.341 e. The van der Waals surface area contributed by atoms with Crippen LogP contribution in [0.1, 0.15) is 36.2 Å². The molecule has 0 bridgehead atoms. The Bertz CT molecular complexity index is 1330. The summed E-state index contributed by atoms with van der Waals surface area (Å²) in [6, 6.07) is 15.2. The molecule has 3 N–H and O–H groups in total. The summed E-state index contributed by atoms with van der Waals surface area (Å²) in [5.41, 5.74) is 8.84. The highest BCUT2D eigenvalue weighted by molar-refractivity contribution is 6.17. The van der Waals surface area contributed by atoms with Crippen molar-refractivity contribution in [3.8, 4) is 11.6 Å². The van der Waals surface area contributed by atoms with Gasteiger partial charge in [-0.3, -0.25) is 4.79 Å². The van der Waals surface area contributed by atoms with Gasteiger partial charge in [0.15, 0.2) is 0 Å². The topological polar surface area (TPSA) is 108 Å². The average molecular weight is 444 g/mol. The summed E-state index contributed by atoms with van der Waals surface area (Å²) in [6.07, 6.45) is 0.761. The van der Waals surface area contributed by atoms with E-state index in [0.717, 1.165) is 17.7 Å². The lowest BCUT2D eigenvalue weighted by atomic mass is 9.68. The Kier molecular flexibility index (Phi) is 4.74. The molecule has 1 amide bonds. The maximum Gasteiger partial charge on any atom is 0.341 e. The number of benzene rings is 2. The Morgan fingerprint density at radius 2 is 1.97 bits per heavy atom. The highest BCUT2D eigenvalue weighted by Gasteiger charge is 2.60. The van der Waals surface area contributed by atoms with Crippen molar-refractivity contribution in [2.75, 3.05) is 11.9 Å². The van der Waals surface area contributed by atoms with Crippen LogP contribution in [-0.4, -0.2) is 28.3 Å². The number of esters is 1. The number of carbonyl (C=O) groups is 2. The van der Waals surface area contributed by atoms with Crippen LogP contribution in [0.3, 0.4) is 0 Å². The van der Waals surface area contributed by atoms with E-state index in [4.69, 9.17) is 15.2 Å². The number of carbonyl (C=O) groups excluding carboxylic acids is 2. The Labute approximate surface area is 191 Å². The minimum Gasteiger partial charge on any atom is -0.462 e. The van der Waals surface area contributed by atoms with Crippen molar-refractivity contribution < 1.29 is 19.1 Å². The second-order valence-corrected chi connectivity index (χ2v) is 8.01. The van der Waals surface area contributed by atoms with Gasteiger partial charge in [-0.05, 0) is 44.0 Å². The zero-order valence-electron chi connectivity index (χ0n) is 18.6. The lowest BCUT2D eigenvalue weighted by molar-refractivity contribution is -0.140. The van der Waals surface area contributed by atoms with Crippen molar-refractivity contribution in [3.05, 3.63) is 82.4 Å². The molecule has 2 aliphatic heterocycles. The quantitative estimate of drug-likeness (QED) is 0.599. The number of aromatic nitrogens is 2. The van der Waals surface area contributed by atoms with E-state index in [1.807, 2.05) is 55.5 Å². The van der Waals surface area contributed by atoms with Crippen molar-refractivity contribution in [1.82, 2.24) is 9.78 Å². The first-order valence-electron chi connectivity index (χ1n) is 10.9. The van der Waals surface area contributed by atoms with E-state index in [-0.39, 0.29) is 18.1 Å². The van der Waals surface area contributed by atoms with E-state index in [2.05, 4.69) is 10.4 Å². The molecule has 0 radical (unpaired) electrons. The van der Waals surface area contributed by atoms with Crippen LogP contribution in [0.4, 0.5) is 5.69 Å². The number of para-hydroxylation sites is 1. The zero-order chi connectivity index (χ0) is 23.3. The standard InChI is InChI=1S/C25H24N4O4/c1-4-15-11-12-18-17(13-15)25(24(31)27-18)19-14(3)28-29(16-9-7-6-8-10-16)22(19)33-21(26)20(25)23(30)32-5-2/h6-13H,4-5,26H2,1-3H3,(H,27,31)/t25-/m0/s1. The van der Waals surface area contributed by atoms with Gasteiger partial charge in [0.25, 0.3) is 0 Å². The van der Waals surface area contributed by atoms with Crippen LogP contribution in [0.2, 0.25) is 0 Å². The van der Waals surface area contributed by atoms with Gasteiger partial charge in [-0.25, -0.2) is 9.48 Å². The van der Waals surface area contributed by atoms with E-state index in [1.165, 1.54) is 0 Å². The Balaban J connectivity index is 1.88. The predicted molar refractivity (Wildman–Crippen MR) is 122 cm³/mol. The molecule has 0 aliphatic carbocycles. The van der Waals surface area contributed by atoms with Crippen LogP contribution >= 0.6 is 0 Å². The molecule has 33 heavy (non-hydrogen) atoms. The molecule has 0 saturated carbocycles. The van der Waals surface area contributed by atoms with Crippen molar-refractivity contribution in [3.63, 3.8) is 0 Å². The molecule has 2 aromatic carbocycles. The first-order chi connectivity index (χ1) is 15.9. The van der Waals surface area contributed by atoms with Gasteiger partial charge in [0.05, 0.1) is 23.6 Å². The third-order valence-electron chi connectivity index (χ3n) is 6.19. The van der Waals surface area contributed by atoms with Crippen molar-refractivity contribution in [1.29, 1.82) is 0 Å². The van der Waals surface area contributed by atoms with Crippen molar-refractivity contribution in [2.24, 2.45) is 5.73 Å². The van der Waals surface area contributed by atoms with Crippen LogP contribution in [0.25, 0.3) is 5.69 Å². The molecule has 0 fully saturated rings. The van der Waals surface area contributed by atoms with Gasteiger partial charge in [0.1, 0.15) is 11.0 Å². The van der Waals surface area contributed by atoms with Gasteiger partial charge >= 0.3 is 5.97 Å². The van der Waals surface area contributed by atoms with E-state index in [0.29, 0.717) is 28.4 Å². The molecule has 5 rings (SSSR count). The van der Waals surface area contributed by atoms with Gasteiger partial charge in [-0.2, -0.15) is 5.10 Å². The van der Waals surface area contributed by atoms with E-state index < -0.39 is 17.3 Å². The number of nitrogens with two attached hydrogens (primary N) is 1. The van der Waals surface area contributed by atoms with Gasteiger partial charge in [0.2, 0.25) is 17.7 Å². The molecule has 0 unspecified atom stereocenters. The third kappa shape index (κ3) is 2.80. The monoisotopic (exact) mass is 444 g/mol. The lowest BCUT2D eigenvalue weighted by Crippen LogP contribution is -2.46. The summed E-state index contributed by atoms with van der Waals surface area (Å²) in [4.78, 5) is 27.1. The molecule has 3 aromatic rings. The van der Waals surface area contributed by atoms with E-state index in [9.17, 15) is 9.59 Å². The number of nitrogens with zero attached hydrogens (tertiary/aromatic N) is 2. The summed E-state index contributed by atoms with van der Waals surface area (Å²) in [5.74, 6) is -0.966. The summed E-state index contributed by atoms with van der Waals surface area (Å²) in [7, 11) is 0. The molecule has 0 saturated heterocycles. The maximum atomic E-state index is 13.8. The van der Waals surface area contributed by atoms with Crippen molar-refractivity contribution >= 4 is 17.6 Å². The Hall–Kier alpha value is -4.07. The Morgan fingerprint density at radius 3 is 2.67 bits per heavy atom. The number of nitrogens with one attached hydrogen (secondary N) is 1. The minimum atomic E-state index is -1.54. The maximum absolute atomic E-state index is 13.8. The lowest BCUT2D eigenvalue weighted by Gasteiger charge is -2.34. The minimum absolute atomic E-state index is 0.0305. The van der Waals surface area contributed by atoms with Gasteiger partial charge in [-0.15, -0.1) is 0 Å². The van der Waals surface area contributed by atoms with Gasteiger partial charge in [0, 0.05) is 11.3 Å². The summed E-state index contributed by atoms with van der Waals surface area (Å²) >= 11 is 0. The van der Waals surface area contributed by atoms with E-state index >= 15 is 0 Å². The normalized spacial score (nSPS) is 18.6. The Morgan fingerprint density at radius 1 is 1.21 bits per heavy atom. The van der Waals surface area contributed by atoms with Crippen molar-refractivity contribution in [2.45, 2.75) is 32.6 Å². The number of hydrogen-bond donors (Lipinski definition) is 2. The number of amides is 1. The molecular weight excluding hydrogens is 420 g/mol. The van der Waals surface area contributed by atoms with E-state index in [1.54, 1.807) is 18.5 Å². The fourth-order valence-electron chi connectivity index (χ4n) is 4.76. The first kappa shape index (κ1) is 20.8. The molecule has 1 spiro atoms. The SMILES string of the molecule is CCOC(=O)C1=C(N)Oc2c(c(C)nn2-c2ccccc2)[C@]12C(=O)Nc1ccc(CC)cc12. The number of aryl methyl sites for hydroxylation is 2. The number of anilines is 1. The summed E-state index contributed by atoms with van der Waals surface area (Å²) in [6.45, 7) is 5.66.